The van der Waals surface area contributed by atoms with Crippen molar-refractivity contribution in [1.82, 2.24) is 0 Å². The van der Waals surface area contributed by atoms with Crippen molar-refractivity contribution >= 4 is 5.97 Å². The van der Waals surface area contributed by atoms with Crippen LogP contribution in [0.1, 0.15) is 28.7 Å². The normalized spacial score (nSPS) is 12.2. The lowest BCUT2D eigenvalue weighted by Gasteiger charge is -2.40. The number of rotatable bonds is 9. The highest BCUT2D eigenvalue weighted by atomic mass is 16.4. The summed E-state index contributed by atoms with van der Waals surface area (Å²) in [6, 6.07) is 40.7. The Kier molecular flexibility index (Phi) is 6.81. The maximum absolute atomic E-state index is 12.9. The van der Waals surface area contributed by atoms with Crippen molar-refractivity contribution in [3.05, 3.63) is 144 Å². The average molecular weight is 421 g/mol. The standard InChI is InChI=1S/C30H28O2/c31-29(32)28(23-25-15-7-2-8-16-25)30(26-17-9-3-10-18-26,27-19-11-4-12-20-27)22-21-24-13-5-1-6-14-24/h1-20,28H,21-23H2,(H,31,32). The Morgan fingerprint density at radius 2 is 1.03 bits per heavy atom. The fourth-order valence-corrected chi connectivity index (χ4v) is 4.81. The van der Waals surface area contributed by atoms with Crippen LogP contribution in [0.25, 0.3) is 0 Å². The smallest absolute Gasteiger partial charge is 0.308 e. The minimum Gasteiger partial charge on any atom is -0.481 e. The molecular weight excluding hydrogens is 392 g/mol. The molecule has 0 radical (unpaired) electrons. The van der Waals surface area contributed by atoms with Gasteiger partial charge in [-0.2, -0.15) is 0 Å². The van der Waals surface area contributed by atoms with Gasteiger partial charge in [0.2, 0.25) is 0 Å². The van der Waals surface area contributed by atoms with Crippen LogP contribution < -0.4 is 0 Å². The first kappa shape index (κ1) is 21.6. The number of hydrogen-bond acceptors (Lipinski definition) is 1. The number of aliphatic carboxylic acids is 1. The van der Waals surface area contributed by atoms with E-state index in [0.29, 0.717) is 12.8 Å². The summed E-state index contributed by atoms with van der Waals surface area (Å²) in [7, 11) is 0. The number of aryl methyl sites for hydroxylation is 1. The SMILES string of the molecule is O=C(O)C(Cc1ccccc1)C(CCc1ccccc1)(c1ccccc1)c1ccccc1. The van der Waals surface area contributed by atoms with Gasteiger partial charge in [-0.05, 0) is 41.5 Å². The number of carbonyl (C=O) groups is 1. The average Bonchev–Trinajstić information content (AvgIpc) is 2.86. The number of carboxylic acid groups (broad SMARTS) is 1. The van der Waals surface area contributed by atoms with Crippen LogP contribution in [0.5, 0.6) is 0 Å². The predicted molar refractivity (Wildman–Crippen MR) is 130 cm³/mol. The summed E-state index contributed by atoms with van der Waals surface area (Å²) in [5, 5.41) is 10.6. The third-order valence-electron chi connectivity index (χ3n) is 6.40. The Bertz CT molecular complexity index is 1070. The van der Waals surface area contributed by atoms with Gasteiger partial charge in [0.15, 0.2) is 0 Å². The second kappa shape index (κ2) is 10.1. The van der Waals surface area contributed by atoms with Gasteiger partial charge < -0.3 is 5.11 Å². The molecule has 0 bridgehead atoms. The first-order chi connectivity index (χ1) is 15.7. The molecule has 1 atom stereocenters. The molecule has 1 N–H and O–H groups in total. The molecule has 32 heavy (non-hydrogen) atoms. The van der Waals surface area contributed by atoms with Gasteiger partial charge in [0.1, 0.15) is 0 Å². The molecule has 0 aromatic heterocycles. The van der Waals surface area contributed by atoms with E-state index in [9.17, 15) is 9.90 Å². The van der Waals surface area contributed by atoms with Gasteiger partial charge >= 0.3 is 5.97 Å². The molecule has 4 aromatic carbocycles. The fraction of sp³-hybridized carbons (Fsp3) is 0.167. The number of benzene rings is 4. The summed E-state index contributed by atoms with van der Waals surface area (Å²) in [6.07, 6.45) is 1.97. The van der Waals surface area contributed by atoms with E-state index in [1.165, 1.54) is 5.56 Å². The van der Waals surface area contributed by atoms with E-state index in [1.54, 1.807) is 0 Å². The van der Waals surface area contributed by atoms with Crippen molar-refractivity contribution in [1.29, 1.82) is 0 Å². The maximum Gasteiger partial charge on any atom is 0.308 e. The highest BCUT2D eigenvalue weighted by Crippen LogP contribution is 2.45. The molecule has 2 heteroatoms. The summed E-state index contributed by atoms with van der Waals surface area (Å²) < 4.78 is 0. The third kappa shape index (κ3) is 4.65. The minimum atomic E-state index is -0.769. The Hall–Kier alpha value is -3.65. The second-order valence-corrected chi connectivity index (χ2v) is 8.27. The van der Waals surface area contributed by atoms with Gasteiger partial charge in [0.05, 0.1) is 5.92 Å². The largest absolute Gasteiger partial charge is 0.481 e. The van der Waals surface area contributed by atoms with Crippen molar-refractivity contribution < 1.29 is 9.90 Å². The Morgan fingerprint density at radius 3 is 1.47 bits per heavy atom. The first-order valence-electron chi connectivity index (χ1n) is 11.1. The third-order valence-corrected chi connectivity index (χ3v) is 6.40. The molecule has 0 fully saturated rings. The van der Waals surface area contributed by atoms with Crippen molar-refractivity contribution in [3.63, 3.8) is 0 Å². The van der Waals surface area contributed by atoms with E-state index < -0.39 is 17.3 Å². The molecule has 1 unspecified atom stereocenters. The van der Waals surface area contributed by atoms with Crippen LogP contribution in [0.15, 0.2) is 121 Å². The summed E-state index contributed by atoms with van der Waals surface area (Å²) in [5.41, 5.74) is 3.68. The van der Waals surface area contributed by atoms with Crippen LogP contribution in [0, 0.1) is 5.92 Å². The van der Waals surface area contributed by atoms with E-state index in [2.05, 4.69) is 36.4 Å². The van der Waals surface area contributed by atoms with Crippen molar-refractivity contribution in [3.8, 4) is 0 Å². The van der Waals surface area contributed by atoms with Gasteiger partial charge in [-0.15, -0.1) is 0 Å². The van der Waals surface area contributed by atoms with Gasteiger partial charge in [0.25, 0.3) is 0 Å². The molecule has 0 saturated heterocycles. The van der Waals surface area contributed by atoms with E-state index >= 15 is 0 Å². The van der Waals surface area contributed by atoms with Crippen LogP contribution in [-0.2, 0) is 23.1 Å². The Labute approximate surface area is 190 Å². The molecule has 160 valence electrons. The lowest BCUT2D eigenvalue weighted by molar-refractivity contribution is -0.144. The lowest BCUT2D eigenvalue weighted by Crippen LogP contribution is -2.43. The Morgan fingerprint density at radius 1 is 0.625 bits per heavy atom. The highest BCUT2D eigenvalue weighted by molar-refractivity contribution is 5.74. The number of hydrogen-bond donors (Lipinski definition) is 1. The fourth-order valence-electron chi connectivity index (χ4n) is 4.81. The summed E-state index contributed by atoms with van der Waals surface area (Å²) >= 11 is 0. The van der Waals surface area contributed by atoms with Crippen LogP contribution in [0.2, 0.25) is 0 Å². The second-order valence-electron chi connectivity index (χ2n) is 8.27. The zero-order chi connectivity index (χ0) is 22.2. The van der Waals surface area contributed by atoms with E-state index in [0.717, 1.165) is 23.1 Å². The lowest BCUT2D eigenvalue weighted by atomic mass is 9.61. The molecular formula is C30H28O2. The molecule has 2 nitrogen and oxygen atoms in total. The van der Waals surface area contributed by atoms with E-state index in [4.69, 9.17) is 0 Å². The topological polar surface area (TPSA) is 37.3 Å². The molecule has 0 amide bonds. The zero-order valence-corrected chi connectivity index (χ0v) is 18.1. The predicted octanol–water partition coefficient (Wildman–Crippen LogP) is 6.55. The van der Waals surface area contributed by atoms with E-state index in [1.807, 2.05) is 84.9 Å². The van der Waals surface area contributed by atoms with Crippen LogP contribution in [-0.4, -0.2) is 11.1 Å². The molecule has 0 heterocycles. The Balaban J connectivity index is 1.88. The molecule has 0 saturated carbocycles. The summed E-state index contributed by atoms with van der Waals surface area (Å²) in [5.74, 6) is -1.38. The molecule has 0 aliphatic heterocycles. The molecule has 4 aromatic rings. The highest BCUT2D eigenvalue weighted by Gasteiger charge is 2.45. The van der Waals surface area contributed by atoms with Crippen LogP contribution >= 0.6 is 0 Å². The molecule has 4 rings (SSSR count). The first-order valence-corrected chi connectivity index (χ1v) is 11.1. The summed E-state index contributed by atoms with van der Waals surface area (Å²) in [4.78, 5) is 12.9. The van der Waals surface area contributed by atoms with Gasteiger partial charge in [-0.3, -0.25) is 4.79 Å². The molecule has 0 aliphatic rings. The molecule has 0 aliphatic carbocycles. The zero-order valence-electron chi connectivity index (χ0n) is 18.1. The van der Waals surface area contributed by atoms with Gasteiger partial charge in [-0.25, -0.2) is 0 Å². The van der Waals surface area contributed by atoms with Crippen molar-refractivity contribution in [2.24, 2.45) is 5.92 Å². The van der Waals surface area contributed by atoms with E-state index in [-0.39, 0.29) is 0 Å². The summed E-state index contributed by atoms with van der Waals surface area (Å²) in [6.45, 7) is 0. The van der Waals surface area contributed by atoms with Gasteiger partial charge in [0, 0.05) is 5.41 Å². The van der Waals surface area contributed by atoms with Gasteiger partial charge in [-0.1, -0.05) is 121 Å². The van der Waals surface area contributed by atoms with Crippen LogP contribution in [0.4, 0.5) is 0 Å². The monoisotopic (exact) mass is 420 g/mol. The van der Waals surface area contributed by atoms with Crippen molar-refractivity contribution in [2.45, 2.75) is 24.7 Å². The quantitative estimate of drug-likeness (QED) is 0.333. The van der Waals surface area contributed by atoms with Crippen molar-refractivity contribution in [2.75, 3.05) is 0 Å². The molecule has 0 spiro atoms. The maximum atomic E-state index is 12.9. The van der Waals surface area contributed by atoms with Crippen LogP contribution in [0.3, 0.4) is 0 Å². The number of carboxylic acids is 1. The minimum absolute atomic E-state index is 0.467.